The number of ether oxygens (including phenoxy) is 2. The Labute approximate surface area is 89.0 Å². The quantitative estimate of drug-likeness (QED) is 0.570. The molecule has 0 amide bonds. The van der Waals surface area contributed by atoms with Gasteiger partial charge in [0.15, 0.2) is 0 Å². The normalized spacial score (nSPS) is 15.4. The molecule has 2 unspecified atom stereocenters. The van der Waals surface area contributed by atoms with Gasteiger partial charge >= 0.3 is 0 Å². The van der Waals surface area contributed by atoms with E-state index >= 15 is 0 Å². The predicted octanol–water partition coefficient (Wildman–Crippen LogP) is 3.21. The van der Waals surface area contributed by atoms with Gasteiger partial charge in [0, 0.05) is 13.2 Å². The second kappa shape index (κ2) is 9.47. The zero-order valence-electron chi connectivity index (χ0n) is 9.92. The molecular weight excluding hydrogens is 176 g/mol. The maximum Gasteiger partial charge on any atom is 0.0599 e. The fraction of sp³-hybridized carbons (Fsp3) is 0.917. The third-order valence-corrected chi connectivity index (χ3v) is 2.08. The van der Waals surface area contributed by atoms with Gasteiger partial charge in [-0.3, -0.25) is 0 Å². The third-order valence-electron chi connectivity index (χ3n) is 2.08. The lowest BCUT2D eigenvalue weighted by Gasteiger charge is -2.20. The van der Waals surface area contributed by atoms with E-state index in [-0.39, 0.29) is 6.10 Å². The molecule has 85 valence electrons. The monoisotopic (exact) mass is 201 g/mol. The lowest BCUT2D eigenvalue weighted by atomic mass is 10.1. The van der Waals surface area contributed by atoms with E-state index in [2.05, 4.69) is 27.7 Å². The highest BCUT2D eigenvalue weighted by atomic mass is 16.5. The van der Waals surface area contributed by atoms with Crippen molar-refractivity contribution < 1.29 is 9.47 Å². The molecule has 0 rings (SSSR count). The number of rotatable bonds is 9. The standard InChI is InChI=1S/C12H25O2/c1-5-8-13-11(4)10-12(7-3)14-9-6-2/h11-12H,3,5-10H2,1-2,4H3. The van der Waals surface area contributed by atoms with Gasteiger partial charge in [-0.1, -0.05) is 20.8 Å². The van der Waals surface area contributed by atoms with Crippen molar-refractivity contribution >= 4 is 0 Å². The Morgan fingerprint density at radius 1 is 1.07 bits per heavy atom. The summed E-state index contributed by atoms with van der Waals surface area (Å²) in [6.45, 7) is 11.9. The summed E-state index contributed by atoms with van der Waals surface area (Å²) in [5.74, 6) is 0. The zero-order chi connectivity index (χ0) is 10.8. The summed E-state index contributed by atoms with van der Waals surface area (Å²) in [5.41, 5.74) is 0. The van der Waals surface area contributed by atoms with Gasteiger partial charge in [0.05, 0.1) is 12.2 Å². The van der Waals surface area contributed by atoms with Crippen LogP contribution in [0, 0.1) is 6.92 Å². The fourth-order valence-electron chi connectivity index (χ4n) is 1.31. The molecule has 2 nitrogen and oxygen atoms in total. The van der Waals surface area contributed by atoms with E-state index in [1.807, 2.05) is 0 Å². The molecule has 0 heterocycles. The molecule has 2 atom stereocenters. The Morgan fingerprint density at radius 2 is 1.64 bits per heavy atom. The highest BCUT2D eigenvalue weighted by Crippen LogP contribution is 2.10. The second-order valence-corrected chi connectivity index (χ2v) is 3.70. The lowest BCUT2D eigenvalue weighted by Crippen LogP contribution is -2.21. The third kappa shape index (κ3) is 7.34. The minimum atomic E-state index is 0.266. The van der Waals surface area contributed by atoms with Gasteiger partial charge < -0.3 is 9.47 Å². The van der Waals surface area contributed by atoms with Gasteiger partial charge in [-0.25, -0.2) is 0 Å². The summed E-state index contributed by atoms with van der Waals surface area (Å²) in [5, 5.41) is 0. The first-order valence-electron chi connectivity index (χ1n) is 5.77. The van der Waals surface area contributed by atoms with Crippen molar-refractivity contribution in [3.63, 3.8) is 0 Å². The molecule has 0 aromatic rings. The summed E-state index contributed by atoms with van der Waals surface area (Å²) in [4.78, 5) is 0. The van der Waals surface area contributed by atoms with Crippen LogP contribution in [0.25, 0.3) is 0 Å². The van der Waals surface area contributed by atoms with E-state index in [4.69, 9.17) is 9.47 Å². The van der Waals surface area contributed by atoms with Crippen LogP contribution < -0.4 is 0 Å². The first-order valence-corrected chi connectivity index (χ1v) is 5.77. The van der Waals surface area contributed by atoms with Crippen LogP contribution in [0.1, 0.15) is 46.5 Å². The minimum Gasteiger partial charge on any atom is -0.378 e. The smallest absolute Gasteiger partial charge is 0.0599 e. The van der Waals surface area contributed by atoms with E-state index in [1.165, 1.54) is 0 Å². The van der Waals surface area contributed by atoms with Crippen LogP contribution >= 0.6 is 0 Å². The topological polar surface area (TPSA) is 18.5 Å². The molecule has 0 aromatic carbocycles. The highest BCUT2D eigenvalue weighted by molar-refractivity contribution is 4.64. The van der Waals surface area contributed by atoms with Gasteiger partial charge in [0.2, 0.25) is 0 Å². The highest BCUT2D eigenvalue weighted by Gasteiger charge is 2.11. The van der Waals surface area contributed by atoms with Crippen molar-refractivity contribution in [2.24, 2.45) is 0 Å². The summed E-state index contributed by atoms with van der Waals surface area (Å²) >= 11 is 0. The van der Waals surface area contributed by atoms with Gasteiger partial charge in [0.1, 0.15) is 0 Å². The Hall–Kier alpha value is -0.0800. The van der Waals surface area contributed by atoms with Crippen molar-refractivity contribution in [2.75, 3.05) is 13.2 Å². The summed E-state index contributed by atoms with van der Waals surface area (Å²) in [7, 11) is 0. The van der Waals surface area contributed by atoms with Crippen LogP contribution in [0.3, 0.4) is 0 Å². The largest absolute Gasteiger partial charge is 0.378 e. The van der Waals surface area contributed by atoms with E-state index in [1.54, 1.807) is 0 Å². The van der Waals surface area contributed by atoms with Crippen LogP contribution in [0.5, 0.6) is 0 Å². The molecule has 0 spiro atoms. The van der Waals surface area contributed by atoms with Crippen LogP contribution in [0.2, 0.25) is 0 Å². The molecule has 0 bridgehead atoms. The van der Waals surface area contributed by atoms with E-state index in [9.17, 15) is 0 Å². The molecule has 0 aliphatic heterocycles. The van der Waals surface area contributed by atoms with Crippen molar-refractivity contribution in [3.05, 3.63) is 6.92 Å². The van der Waals surface area contributed by atoms with Crippen LogP contribution in [-0.4, -0.2) is 25.4 Å². The predicted molar refractivity (Wildman–Crippen MR) is 60.3 cm³/mol. The van der Waals surface area contributed by atoms with Crippen molar-refractivity contribution in [1.29, 1.82) is 0 Å². The van der Waals surface area contributed by atoms with Crippen molar-refractivity contribution in [3.8, 4) is 0 Å². The average molecular weight is 201 g/mol. The lowest BCUT2D eigenvalue weighted by molar-refractivity contribution is -0.00896. The van der Waals surface area contributed by atoms with Crippen molar-refractivity contribution in [2.45, 2.75) is 58.7 Å². The first-order chi connectivity index (χ1) is 6.74. The molecule has 0 aliphatic carbocycles. The Bertz CT molecular complexity index is 115. The maximum atomic E-state index is 5.65. The number of hydrogen-bond donors (Lipinski definition) is 0. The molecule has 1 radical (unpaired) electrons. The van der Waals surface area contributed by atoms with Crippen molar-refractivity contribution in [1.82, 2.24) is 0 Å². The number of hydrogen-bond acceptors (Lipinski definition) is 2. The van der Waals surface area contributed by atoms with Crippen LogP contribution in [0.15, 0.2) is 0 Å². The fourth-order valence-corrected chi connectivity index (χ4v) is 1.31. The molecule has 14 heavy (non-hydrogen) atoms. The van der Waals surface area contributed by atoms with E-state index in [0.717, 1.165) is 38.9 Å². The van der Waals surface area contributed by atoms with E-state index in [0.29, 0.717) is 6.10 Å². The Balaban J connectivity index is 3.57. The average Bonchev–Trinajstić information content (AvgIpc) is 2.21. The molecule has 2 heteroatoms. The maximum absolute atomic E-state index is 5.65. The van der Waals surface area contributed by atoms with E-state index < -0.39 is 0 Å². The second-order valence-electron chi connectivity index (χ2n) is 3.70. The molecule has 0 saturated carbocycles. The Kier molecular flexibility index (Phi) is 9.42. The van der Waals surface area contributed by atoms with Gasteiger partial charge in [-0.15, -0.1) is 0 Å². The van der Waals surface area contributed by atoms with Gasteiger partial charge in [0.25, 0.3) is 0 Å². The molecule has 0 N–H and O–H groups in total. The first kappa shape index (κ1) is 13.9. The Morgan fingerprint density at radius 3 is 2.14 bits per heavy atom. The summed E-state index contributed by atoms with van der Waals surface area (Å²) < 4.78 is 11.2. The van der Waals surface area contributed by atoms with Crippen LogP contribution in [0.4, 0.5) is 0 Å². The van der Waals surface area contributed by atoms with Crippen LogP contribution in [-0.2, 0) is 9.47 Å². The molecule has 0 aliphatic rings. The molecular formula is C12H25O2. The zero-order valence-corrected chi connectivity index (χ0v) is 9.92. The molecule has 0 saturated heterocycles. The SMILES string of the molecule is [CH2]CC(CC(C)OCCC)OCCC. The van der Waals surface area contributed by atoms with Gasteiger partial charge in [-0.2, -0.15) is 0 Å². The molecule has 0 aromatic heterocycles. The van der Waals surface area contributed by atoms with Gasteiger partial charge in [-0.05, 0) is 32.6 Å². The summed E-state index contributed by atoms with van der Waals surface area (Å²) in [6.07, 6.45) is 4.50. The molecule has 0 fully saturated rings. The minimum absolute atomic E-state index is 0.266. The summed E-state index contributed by atoms with van der Waals surface area (Å²) in [6, 6.07) is 0.